The van der Waals surface area contributed by atoms with E-state index in [1.54, 1.807) is 12.1 Å². The van der Waals surface area contributed by atoms with Crippen molar-refractivity contribution in [1.29, 1.82) is 0 Å². The first-order valence-corrected chi connectivity index (χ1v) is 6.73. The molecule has 1 aromatic carbocycles. The minimum Gasteiger partial charge on any atom is -0.491 e. The Morgan fingerprint density at radius 2 is 2.05 bits per heavy atom. The maximum atomic E-state index is 11.9. The van der Waals surface area contributed by atoms with Crippen LogP contribution in [0.25, 0.3) is 0 Å². The van der Waals surface area contributed by atoms with E-state index in [1.807, 2.05) is 13.0 Å². The van der Waals surface area contributed by atoms with Crippen LogP contribution in [0.15, 0.2) is 18.2 Å². The summed E-state index contributed by atoms with van der Waals surface area (Å²) in [6.45, 7) is 7.15. The summed E-state index contributed by atoms with van der Waals surface area (Å²) in [5, 5.41) is 13.1. The van der Waals surface area contributed by atoms with E-state index in [4.69, 9.17) is 4.74 Å². The molecule has 2 atom stereocenters. The molecule has 0 aliphatic carbocycles. The Morgan fingerprint density at radius 3 is 2.74 bits per heavy atom. The zero-order chi connectivity index (χ0) is 14.0. The van der Waals surface area contributed by atoms with Gasteiger partial charge in [0.05, 0.1) is 18.2 Å². The van der Waals surface area contributed by atoms with Crippen LogP contribution in [0.3, 0.4) is 0 Å². The van der Waals surface area contributed by atoms with Gasteiger partial charge >= 0.3 is 0 Å². The topological polar surface area (TPSA) is 58.6 Å². The molecule has 1 heterocycles. The van der Waals surface area contributed by atoms with Crippen molar-refractivity contribution in [1.82, 2.24) is 5.32 Å². The number of ether oxygens (including phenoxy) is 1. The lowest BCUT2D eigenvalue weighted by molar-refractivity contribution is 0.0915. The fraction of sp³-hybridized carbons (Fsp3) is 0.533. The third-order valence-corrected chi connectivity index (χ3v) is 3.78. The van der Waals surface area contributed by atoms with Gasteiger partial charge in [0.15, 0.2) is 0 Å². The molecule has 0 saturated carbocycles. The molecule has 0 fully saturated rings. The molecular formula is C15H21NO3. The highest BCUT2D eigenvalue weighted by Crippen LogP contribution is 2.31. The van der Waals surface area contributed by atoms with E-state index in [9.17, 15) is 9.90 Å². The monoisotopic (exact) mass is 263 g/mol. The average molecular weight is 263 g/mol. The van der Waals surface area contributed by atoms with Gasteiger partial charge < -0.3 is 15.2 Å². The highest BCUT2D eigenvalue weighted by molar-refractivity contribution is 5.97. The molecule has 0 spiro atoms. The van der Waals surface area contributed by atoms with Crippen molar-refractivity contribution in [2.75, 3.05) is 13.2 Å². The van der Waals surface area contributed by atoms with Crippen molar-refractivity contribution >= 4 is 5.91 Å². The largest absolute Gasteiger partial charge is 0.491 e. The molecule has 2 rings (SSSR count). The van der Waals surface area contributed by atoms with Crippen molar-refractivity contribution in [3.8, 4) is 5.75 Å². The predicted molar refractivity (Wildman–Crippen MR) is 73.2 cm³/mol. The SMILES string of the molecule is CC(C)C(C)C(O)c1ccc2c(c1)C(=O)NCCO2. The van der Waals surface area contributed by atoms with Gasteiger partial charge in [-0.3, -0.25) is 4.79 Å². The van der Waals surface area contributed by atoms with Crippen molar-refractivity contribution < 1.29 is 14.6 Å². The molecule has 0 bridgehead atoms. The summed E-state index contributed by atoms with van der Waals surface area (Å²) in [5.74, 6) is 0.952. The second kappa shape index (κ2) is 5.61. The molecule has 104 valence electrons. The van der Waals surface area contributed by atoms with E-state index in [1.165, 1.54) is 0 Å². The molecule has 0 saturated heterocycles. The summed E-state index contributed by atoms with van der Waals surface area (Å²) in [5.41, 5.74) is 1.27. The fourth-order valence-electron chi connectivity index (χ4n) is 2.12. The van der Waals surface area contributed by atoms with Crippen LogP contribution in [0.2, 0.25) is 0 Å². The molecule has 4 nitrogen and oxygen atoms in total. The summed E-state index contributed by atoms with van der Waals surface area (Å²) in [7, 11) is 0. The Morgan fingerprint density at radius 1 is 1.32 bits per heavy atom. The molecular weight excluding hydrogens is 242 g/mol. The van der Waals surface area contributed by atoms with Gasteiger partial charge in [-0.2, -0.15) is 0 Å². The van der Waals surface area contributed by atoms with Crippen LogP contribution in [0.4, 0.5) is 0 Å². The second-order valence-corrected chi connectivity index (χ2v) is 5.41. The molecule has 2 N–H and O–H groups in total. The highest BCUT2D eigenvalue weighted by atomic mass is 16.5. The molecule has 1 aliphatic heterocycles. The number of aliphatic hydroxyl groups is 1. The number of hydrogen-bond acceptors (Lipinski definition) is 3. The van der Waals surface area contributed by atoms with Gasteiger partial charge in [-0.05, 0) is 29.5 Å². The number of nitrogens with one attached hydrogen (secondary N) is 1. The molecule has 2 unspecified atom stereocenters. The number of carbonyl (C=O) groups excluding carboxylic acids is 1. The van der Waals surface area contributed by atoms with E-state index in [-0.39, 0.29) is 11.8 Å². The van der Waals surface area contributed by atoms with Gasteiger partial charge in [-0.25, -0.2) is 0 Å². The van der Waals surface area contributed by atoms with Gasteiger partial charge in [0.2, 0.25) is 0 Å². The summed E-state index contributed by atoms with van der Waals surface area (Å²) in [4.78, 5) is 11.9. The summed E-state index contributed by atoms with van der Waals surface area (Å²) in [6, 6.07) is 5.34. The van der Waals surface area contributed by atoms with Crippen LogP contribution in [0.5, 0.6) is 5.75 Å². The maximum Gasteiger partial charge on any atom is 0.255 e. The van der Waals surface area contributed by atoms with Gasteiger partial charge in [0.25, 0.3) is 5.91 Å². The molecule has 1 amide bonds. The number of benzene rings is 1. The van der Waals surface area contributed by atoms with Crippen molar-refractivity contribution in [3.63, 3.8) is 0 Å². The zero-order valence-electron chi connectivity index (χ0n) is 11.6. The maximum absolute atomic E-state index is 11.9. The average Bonchev–Trinajstić information content (AvgIpc) is 2.58. The molecule has 1 aromatic rings. The first-order valence-electron chi connectivity index (χ1n) is 6.73. The van der Waals surface area contributed by atoms with E-state index in [0.29, 0.717) is 30.4 Å². The van der Waals surface area contributed by atoms with Crippen LogP contribution in [0, 0.1) is 11.8 Å². The summed E-state index contributed by atoms with van der Waals surface area (Å²) in [6.07, 6.45) is -0.568. The van der Waals surface area contributed by atoms with Crippen LogP contribution in [-0.2, 0) is 0 Å². The third-order valence-electron chi connectivity index (χ3n) is 3.78. The standard InChI is InChI=1S/C15H21NO3/c1-9(2)10(3)14(17)11-4-5-13-12(8-11)15(18)16-6-7-19-13/h4-5,8-10,14,17H,6-7H2,1-3H3,(H,16,18). The molecule has 4 heteroatoms. The first kappa shape index (κ1) is 13.9. The quantitative estimate of drug-likeness (QED) is 0.878. The number of fused-ring (bicyclic) bond motifs is 1. The summed E-state index contributed by atoms with van der Waals surface area (Å²) >= 11 is 0. The first-order chi connectivity index (χ1) is 9.00. The Hall–Kier alpha value is -1.55. The zero-order valence-corrected chi connectivity index (χ0v) is 11.6. The molecule has 0 radical (unpaired) electrons. The van der Waals surface area contributed by atoms with Gasteiger partial charge in [0, 0.05) is 0 Å². The van der Waals surface area contributed by atoms with Crippen LogP contribution < -0.4 is 10.1 Å². The van der Waals surface area contributed by atoms with E-state index < -0.39 is 6.10 Å². The van der Waals surface area contributed by atoms with Gasteiger partial charge in [-0.1, -0.05) is 26.8 Å². The lowest BCUT2D eigenvalue weighted by atomic mass is 9.87. The molecule has 1 aliphatic rings. The Balaban J connectivity index is 2.32. The number of aliphatic hydroxyl groups excluding tert-OH is 1. The van der Waals surface area contributed by atoms with Gasteiger partial charge in [0.1, 0.15) is 12.4 Å². The Kier molecular flexibility index (Phi) is 4.10. The fourth-order valence-corrected chi connectivity index (χ4v) is 2.12. The van der Waals surface area contributed by atoms with E-state index in [2.05, 4.69) is 19.2 Å². The third kappa shape index (κ3) is 2.89. The lowest BCUT2D eigenvalue weighted by Gasteiger charge is -2.23. The number of hydrogen-bond donors (Lipinski definition) is 2. The van der Waals surface area contributed by atoms with Crippen molar-refractivity contribution in [2.24, 2.45) is 11.8 Å². The van der Waals surface area contributed by atoms with E-state index in [0.717, 1.165) is 5.56 Å². The van der Waals surface area contributed by atoms with Crippen molar-refractivity contribution in [3.05, 3.63) is 29.3 Å². The smallest absolute Gasteiger partial charge is 0.255 e. The Bertz CT molecular complexity index is 470. The van der Waals surface area contributed by atoms with Crippen LogP contribution in [0.1, 0.15) is 42.8 Å². The lowest BCUT2D eigenvalue weighted by Crippen LogP contribution is -2.24. The summed E-state index contributed by atoms with van der Waals surface area (Å²) < 4.78 is 5.50. The van der Waals surface area contributed by atoms with Gasteiger partial charge in [-0.15, -0.1) is 0 Å². The minimum absolute atomic E-state index is 0.132. The predicted octanol–water partition coefficient (Wildman–Crippen LogP) is 2.13. The van der Waals surface area contributed by atoms with Crippen LogP contribution in [-0.4, -0.2) is 24.2 Å². The number of carbonyl (C=O) groups is 1. The Labute approximate surface area is 113 Å². The van der Waals surface area contributed by atoms with Crippen LogP contribution >= 0.6 is 0 Å². The minimum atomic E-state index is -0.568. The number of rotatable bonds is 3. The molecule has 19 heavy (non-hydrogen) atoms. The van der Waals surface area contributed by atoms with E-state index >= 15 is 0 Å². The normalized spacial score (nSPS) is 18.1. The highest BCUT2D eigenvalue weighted by Gasteiger charge is 2.23. The number of amides is 1. The van der Waals surface area contributed by atoms with Crippen molar-refractivity contribution in [2.45, 2.75) is 26.9 Å². The molecule has 0 aromatic heterocycles. The second-order valence-electron chi connectivity index (χ2n) is 5.41.